The maximum absolute atomic E-state index is 14.4. The zero-order valence-corrected chi connectivity index (χ0v) is 21.7. The molecule has 0 unspecified atom stereocenters. The van der Waals surface area contributed by atoms with E-state index in [-0.39, 0.29) is 29.6 Å². The average Bonchev–Trinajstić information content (AvgIpc) is 3.47. The fourth-order valence-electron chi connectivity index (χ4n) is 5.41. The second-order valence-corrected chi connectivity index (χ2v) is 10.1. The summed E-state index contributed by atoms with van der Waals surface area (Å²) >= 11 is 0. The van der Waals surface area contributed by atoms with Crippen molar-refractivity contribution in [3.63, 3.8) is 0 Å². The molecule has 1 amide bonds. The van der Waals surface area contributed by atoms with E-state index < -0.39 is 0 Å². The highest BCUT2D eigenvalue weighted by Gasteiger charge is 2.30. The Balaban J connectivity index is 1.26. The van der Waals surface area contributed by atoms with Crippen LogP contribution < -0.4 is 15.2 Å². The highest BCUT2D eigenvalue weighted by Crippen LogP contribution is 2.36. The number of nitrogens with zero attached hydrogens (tertiary/aromatic N) is 3. The normalized spacial score (nSPS) is 16.6. The SMILES string of the molecule is O=C1/C(=C/c2ccc3c(=O)n(CCCN4CCCC4)ccc3c2)Oc2ccccc2N1Cc1ccccc1F. The van der Waals surface area contributed by atoms with Gasteiger partial charge in [-0.3, -0.25) is 14.5 Å². The molecule has 4 aromatic rings. The number of halogens is 1. The van der Waals surface area contributed by atoms with E-state index in [9.17, 15) is 14.0 Å². The van der Waals surface area contributed by atoms with E-state index in [0.717, 1.165) is 37.0 Å². The monoisotopic (exact) mass is 523 g/mol. The van der Waals surface area contributed by atoms with Gasteiger partial charge in [-0.2, -0.15) is 0 Å². The van der Waals surface area contributed by atoms with Crippen molar-refractivity contribution < 1.29 is 13.9 Å². The van der Waals surface area contributed by atoms with Gasteiger partial charge in [0.2, 0.25) is 0 Å². The Hall–Kier alpha value is -4.23. The fourth-order valence-corrected chi connectivity index (χ4v) is 5.41. The molecule has 0 atom stereocenters. The van der Waals surface area contributed by atoms with Crippen molar-refractivity contribution in [2.24, 2.45) is 0 Å². The van der Waals surface area contributed by atoms with E-state index in [2.05, 4.69) is 4.90 Å². The Kier molecular flexibility index (Phi) is 6.99. The van der Waals surface area contributed by atoms with Gasteiger partial charge in [-0.05, 0) is 92.3 Å². The highest BCUT2D eigenvalue weighted by atomic mass is 19.1. The van der Waals surface area contributed by atoms with Gasteiger partial charge in [0.05, 0.1) is 12.2 Å². The van der Waals surface area contributed by atoms with Gasteiger partial charge < -0.3 is 14.2 Å². The zero-order valence-electron chi connectivity index (χ0n) is 21.7. The minimum Gasteiger partial charge on any atom is -0.449 e. The molecule has 3 aromatic carbocycles. The molecule has 0 bridgehead atoms. The summed E-state index contributed by atoms with van der Waals surface area (Å²) in [6, 6.07) is 21.1. The third kappa shape index (κ3) is 5.22. The van der Waals surface area contributed by atoms with Gasteiger partial charge in [-0.1, -0.05) is 36.4 Å². The van der Waals surface area contributed by atoms with Crippen LogP contribution in [0.2, 0.25) is 0 Å². The van der Waals surface area contributed by atoms with Crippen molar-refractivity contribution in [2.75, 3.05) is 24.5 Å². The van der Waals surface area contributed by atoms with Gasteiger partial charge in [0.15, 0.2) is 11.5 Å². The van der Waals surface area contributed by atoms with E-state index in [4.69, 9.17) is 4.74 Å². The standard InChI is InChI=1S/C32H30FN3O3/c33-27-9-2-1-8-25(27)22-36-28-10-3-4-11-29(28)39-30(32(36)38)21-23-12-13-26-24(20-23)14-19-35(31(26)37)18-7-17-34-15-5-6-16-34/h1-4,8-14,19-21H,5-7,15-18,22H2/b30-21-. The number of hydrogen-bond donors (Lipinski definition) is 0. The van der Waals surface area contributed by atoms with Crippen molar-refractivity contribution in [1.29, 1.82) is 0 Å². The highest BCUT2D eigenvalue weighted by molar-refractivity contribution is 6.10. The largest absolute Gasteiger partial charge is 0.449 e. The first-order valence-corrected chi connectivity index (χ1v) is 13.5. The van der Waals surface area contributed by atoms with E-state index in [1.54, 1.807) is 47.0 Å². The van der Waals surface area contributed by atoms with Crippen molar-refractivity contribution in [2.45, 2.75) is 32.4 Å². The third-order valence-electron chi connectivity index (χ3n) is 7.49. The van der Waals surface area contributed by atoms with Crippen LogP contribution >= 0.6 is 0 Å². The zero-order chi connectivity index (χ0) is 26.8. The topological polar surface area (TPSA) is 54.8 Å². The van der Waals surface area contributed by atoms with Crippen LogP contribution in [-0.2, 0) is 17.9 Å². The Morgan fingerprint density at radius 2 is 1.69 bits per heavy atom. The first kappa shape index (κ1) is 25.1. The van der Waals surface area contributed by atoms with Gasteiger partial charge in [0.25, 0.3) is 11.5 Å². The minimum atomic E-state index is -0.365. The fraction of sp³-hybridized carbons (Fsp3) is 0.250. The van der Waals surface area contributed by atoms with E-state index >= 15 is 0 Å². The number of anilines is 1. The molecule has 6 nitrogen and oxygen atoms in total. The molecule has 0 spiro atoms. The number of rotatable bonds is 7. The lowest BCUT2D eigenvalue weighted by Gasteiger charge is -2.30. The Bertz CT molecular complexity index is 1620. The number of hydrogen-bond acceptors (Lipinski definition) is 4. The Morgan fingerprint density at radius 3 is 2.54 bits per heavy atom. The molecule has 1 aromatic heterocycles. The minimum absolute atomic E-state index is 0.0110. The smallest absolute Gasteiger partial charge is 0.294 e. The summed E-state index contributed by atoms with van der Waals surface area (Å²) in [6.07, 6.45) is 7.00. The molecular formula is C32H30FN3O3. The second kappa shape index (κ2) is 10.9. The van der Waals surface area contributed by atoms with Crippen LogP contribution in [0.1, 0.15) is 30.4 Å². The lowest BCUT2D eigenvalue weighted by molar-refractivity contribution is -0.117. The Labute approximate surface area is 226 Å². The summed E-state index contributed by atoms with van der Waals surface area (Å²) in [7, 11) is 0. The molecule has 1 saturated heterocycles. The van der Waals surface area contributed by atoms with Gasteiger partial charge >= 0.3 is 0 Å². The van der Waals surface area contributed by atoms with Crippen molar-refractivity contribution in [3.05, 3.63) is 112 Å². The molecule has 39 heavy (non-hydrogen) atoms. The molecule has 198 valence electrons. The lowest BCUT2D eigenvalue weighted by Crippen LogP contribution is -2.37. The molecule has 0 radical (unpaired) electrons. The summed E-state index contributed by atoms with van der Waals surface area (Å²) in [4.78, 5) is 30.6. The van der Waals surface area contributed by atoms with E-state index in [1.807, 2.05) is 36.5 Å². The molecular weight excluding hydrogens is 493 g/mol. The van der Waals surface area contributed by atoms with Crippen LogP contribution in [0.3, 0.4) is 0 Å². The number of carbonyl (C=O) groups is 1. The van der Waals surface area contributed by atoms with Crippen molar-refractivity contribution >= 4 is 28.4 Å². The third-order valence-corrected chi connectivity index (χ3v) is 7.49. The van der Waals surface area contributed by atoms with Crippen molar-refractivity contribution in [1.82, 2.24) is 9.47 Å². The molecule has 2 aliphatic heterocycles. The maximum atomic E-state index is 14.4. The number of pyridine rings is 1. The number of ether oxygens (including phenoxy) is 1. The molecule has 6 rings (SSSR count). The van der Waals surface area contributed by atoms with Gasteiger partial charge in [0.1, 0.15) is 5.82 Å². The number of aryl methyl sites for hydroxylation is 1. The van der Waals surface area contributed by atoms with Crippen LogP contribution in [0.5, 0.6) is 5.75 Å². The number of benzene rings is 3. The van der Waals surface area contributed by atoms with Crippen LogP contribution in [0, 0.1) is 5.82 Å². The van der Waals surface area contributed by atoms with Crippen LogP contribution in [-0.4, -0.2) is 35.0 Å². The first-order valence-electron chi connectivity index (χ1n) is 13.5. The number of aromatic nitrogens is 1. The number of amides is 1. The molecule has 0 aliphatic carbocycles. The second-order valence-electron chi connectivity index (χ2n) is 10.1. The summed E-state index contributed by atoms with van der Waals surface area (Å²) < 4.78 is 22.2. The summed E-state index contributed by atoms with van der Waals surface area (Å²) in [5, 5.41) is 1.44. The summed E-state index contributed by atoms with van der Waals surface area (Å²) in [5.41, 5.74) is 1.74. The summed E-state index contributed by atoms with van der Waals surface area (Å²) in [6.45, 7) is 4.10. The number of fused-ring (bicyclic) bond motifs is 2. The van der Waals surface area contributed by atoms with Gasteiger partial charge in [-0.25, -0.2) is 4.39 Å². The predicted molar refractivity (Wildman–Crippen MR) is 151 cm³/mol. The quantitative estimate of drug-likeness (QED) is 0.296. The van der Waals surface area contributed by atoms with Gasteiger partial charge in [-0.15, -0.1) is 0 Å². The number of likely N-dealkylation sites (tertiary alicyclic amines) is 1. The van der Waals surface area contributed by atoms with Crippen LogP contribution in [0.15, 0.2) is 89.5 Å². The average molecular weight is 524 g/mol. The summed E-state index contributed by atoms with van der Waals surface area (Å²) in [5.74, 6) is -0.0570. The Morgan fingerprint density at radius 1 is 0.897 bits per heavy atom. The molecule has 7 heteroatoms. The van der Waals surface area contributed by atoms with Crippen LogP contribution in [0.4, 0.5) is 10.1 Å². The number of para-hydroxylation sites is 2. The first-order chi connectivity index (χ1) is 19.1. The maximum Gasteiger partial charge on any atom is 0.294 e. The lowest BCUT2D eigenvalue weighted by atomic mass is 10.1. The molecule has 1 fully saturated rings. The predicted octanol–water partition coefficient (Wildman–Crippen LogP) is 5.59. The molecule has 3 heterocycles. The van der Waals surface area contributed by atoms with Crippen LogP contribution in [0.25, 0.3) is 16.8 Å². The van der Waals surface area contributed by atoms with E-state index in [1.165, 1.54) is 23.8 Å². The van der Waals surface area contributed by atoms with E-state index in [0.29, 0.717) is 28.9 Å². The van der Waals surface area contributed by atoms with Crippen molar-refractivity contribution in [3.8, 4) is 5.75 Å². The molecule has 0 N–H and O–H groups in total. The molecule has 0 saturated carbocycles. The number of carbonyl (C=O) groups excluding carboxylic acids is 1. The molecule has 2 aliphatic rings. The van der Waals surface area contributed by atoms with Gasteiger partial charge in [0, 0.05) is 23.7 Å².